The van der Waals surface area contributed by atoms with Crippen LogP contribution in [-0.2, 0) is 0 Å². The summed E-state index contributed by atoms with van der Waals surface area (Å²) in [5.41, 5.74) is 2.48. The molecule has 6 heteroatoms. The molecule has 0 bridgehead atoms. The van der Waals surface area contributed by atoms with Gasteiger partial charge in [-0.05, 0) is 60.9 Å². The van der Waals surface area contributed by atoms with Crippen molar-refractivity contribution in [2.75, 3.05) is 31.2 Å². The third kappa shape index (κ3) is 4.16. The maximum absolute atomic E-state index is 12.5. The Labute approximate surface area is 169 Å². The van der Waals surface area contributed by atoms with Crippen molar-refractivity contribution in [3.63, 3.8) is 0 Å². The minimum Gasteiger partial charge on any atom is -0.486 e. The number of ether oxygens (including phenoxy) is 2. The lowest BCUT2D eigenvalue weighted by Crippen LogP contribution is -2.35. The SMILES string of the molecule is O=C(/C=C/c1cc(Cl)c2c(c1)OCCO2)c1ccc(N2CCC(O)CC2)cc1. The number of hydrogen-bond donors (Lipinski definition) is 1. The Morgan fingerprint density at radius 2 is 1.82 bits per heavy atom. The van der Waals surface area contributed by atoms with E-state index in [1.54, 1.807) is 12.1 Å². The predicted molar refractivity (Wildman–Crippen MR) is 110 cm³/mol. The van der Waals surface area contributed by atoms with E-state index in [-0.39, 0.29) is 11.9 Å². The Hall–Kier alpha value is -2.50. The molecule has 2 heterocycles. The van der Waals surface area contributed by atoms with E-state index in [1.807, 2.05) is 30.3 Å². The zero-order valence-electron chi connectivity index (χ0n) is 15.4. The summed E-state index contributed by atoms with van der Waals surface area (Å²) in [5, 5.41) is 10.1. The number of carbonyl (C=O) groups excluding carboxylic acids is 1. The highest BCUT2D eigenvalue weighted by Crippen LogP contribution is 2.38. The minimum absolute atomic E-state index is 0.0772. The first-order chi connectivity index (χ1) is 13.6. The van der Waals surface area contributed by atoms with Gasteiger partial charge in [0.15, 0.2) is 17.3 Å². The maximum Gasteiger partial charge on any atom is 0.185 e. The number of halogens is 1. The second-order valence-electron chi connectivity index (χ2n) is 6.99. The van der Waals surface area contributed by atoms with E-state index in [2.05, 4.69) is 4.90 Å². The van der Waals surface area contributed by atoms with Crippen molar-refractivity contribution in [2.24, 2.45) is 0 Å². The van der Waals surface area contributed by atoms with Gasteiger partial charge in [-0.1, -0.05) is 17.7 Å². The molecule has 5 nitrogen and oxygen atoms in total. The number of allylic oxidation sites excluding steroid dienone is 1. The summed E-state index contributed by atoms with van der Waals surface area (Å²) in [6, 6.07) is 11.2. The quantitative estimate of drug-likeness (QED) is 0.622. The Morgan fingerprint density at radius 3 is 2.57 bits per heavy atom. The number of aliphatic hydroxyl groups is 1. The van der Waals surface area contributed by atoms with Crippen molar-refractivity contribution in [3.05, 3.63) is 58.6 Å². The van der Waals surface area contributed by atoms with Crippen LogP contribution in [0.25, 0.3) is 6.08 Å². The molecule has 146 valence electrons. The third-order valence-electron chi connectivity index (χ3n) is 5.03. The molecule has 28 heavy (non-hydrogen) atoms. The molecule has 0 unspecified atom stereocenters. The van der Waals surface area contributed by atoms with Crippen molar-refractivity contribution in [1.29, 1.82) is 0 Å². The molecule has 2 aliphatic rings. The average Bonchev–Trinajstić information content (AvgIpc) is 2.73. The van der Waals surface area contributed by atoms with Crippen molar-refractivity contribution in [3.8, 4) is 11.5 Å². The van der Waals surface area contributed by atoms with E-state index < -0.39 is 0 Å². The standard InChI is InChI=1S/C22H22ClNO4/c23-19-13-15(14-21-22(19)28-12-11-27-21)1-6-20(26)16-2-4-17(5-3-16)24-9-7-18(25)8-10-24/h1-6,13-14,18,25H,7-12H2/b6-1+. The van der Waals surface area contributed by atoms with E-state index in [9.17, 15) is 9.90 Å². The van der Waals surface area contributed by atoms with Gasteiger partial charge < -0.3 is 19.5 Å². The van der Waals surface area contributed by atoms with Crippen molar-refractivity contribution in [2.45, 2.75) is 18.9 Å². The van der Waals surface area contributed by atoms with Crippen LogP contribution in [0, 0.1) is 0 Å². The molecule has 0 aromatic heterocycles. The number of hydrogen-bond acceptors (Lipinski definition) is 5. The molecule has 1 N–H and O–H groups in total. The lowest BCUT2D eigenvalue weighted by atomic mass is 10.1. The lowest BCUT2D eigenvalue weighted by molar-refractivity contribution is 0.104. The van der Waals surface area contributed by atoms with E-state index in [0.717, 1.165) is 37.2 Å². The summed E-state index contributed by atoms with van der Waals surface area (Å²) in [6.07, 6.45) is 4.62. The summed E-state index contributed by atoms with van der Waals surface area (Å²) in [7, 11) is 0. The second-order valence-corrected chi connectivity index (χ2v) is 7.40. The van der Waals surface area contributed by atoms with Gasteiger partial charge in [-0.25, -0.2) is 0 Å². The molecule has 1 saturated heterocycles. The third-order valence-corrected chi connectivity index (χ3v) is 5.31. The van der Waals surface area contributed by atoms with Gasteiger partial charge in [0.2, 0.25) is 0 Å². The number of piperidine rings is 1. The lowest BCUT2D eigenvalue weighted by Gasteiger charge is -2.31. The van der Waals surface area contributed by atoms with Crippen molar-refractivity contribution in [1.82, 2.24) is 0 Å². The Morgan fingerprint density at radius 1 is 1.11 bits per heavy atom. The number of benzene rings is 2. The van der Waals surface area contributed by atoms with Crippen molar-refractivity contribution < 1.29 is 19.4 Å². The first-order valence-electron chi connectivity index (χ1n) is 9.45. The van der Waals surface area contributed by atoms with Gasteiger partial charge >= 0.3 is 0 Å². The molecule has 1 fully saturated rings. The highest BCUT2D eigenvalue weighted by molar-refractivity contribution is 6.32. The molecular formula is C22H22ClNO4. The van der Waals surface area contributed by atoms with E-state index >= 15 is 0 Å². The first kappa shape index (κ1) is 18.8. The second kappa shape index (κ2) is 8.25. The van der Waals surface area contributed by atoms with Gasteiger partial charge in [-0.2, -0.15) is 0 Å². The Bertz CT molecular complexity index is 886. The molecule has 0 radical (unpaired) electrons. The van der Waals surface area contributed by atoms with E-state index in [1.165, 1.54) is 6.08 Å². The summed E-state index contributed by atoms with van der Waals surface area (Å²) < 4.78 is 11.1. The topological polar surface area (TPSA) is 59.0 Å². The summed E-state index contributed by atoms with van der Waals surface area (Å²) in [5.74, 6) is 1.07. The Balaban J connectivity index is 1.44. The normalized spacial score (nSPS) is 17.1. The summed E-state index contributed by atoms with van der Waals surface area (Å²) in [6.45, 7) is 2.63. The molecule has 2 aromatic rings. The molecule has 2 aliphatic heterocycles. The summed E-state index contributed by atoms with van der Waals surface area (Å²) >= 11 is 6.24. The molecule has 0 atom stereocenters. The van der Waals surface area contributed by atoms with Gasteiger partial charge in [0.25, 0.3) is 0 Å². The fourth-order valence-corrected chi connectivity index (χ4v) is 3.73. The zero-order chi connectivity index (χ0) is 19.5. The van der Waals surface area contributed by atoms with Crippen molar-refractivity contribution >= 4 is 29.1 Å². The van der Waals surface area contributed by atoms with Crippen LogP contribution in [-0.4, -0.2) is 43.3 Å². The summed E-state index contributed by atoms with van der Waals surface area (Å²) in [4.78, 5) is 14.7. The zero-order valence-corrected chi connectivity index (χ0v) is 16.2. The van der Waals surface area contributed by atoms with Crippen LogP contribution >= 0.6 is 11.6 Å². The number of fused-ring (bicyclic) bond motifs is 1. The Kier molecular flexibility index (Phi) is 5.55. The van der Waals surface area contributed by atoms with E-state index in [0.29, 0.717) is 35.3 Å². The number of nitrogens with zero attached hydrogens (tertiary/aromatic N) is 1. The largest absolute Gasteiger partial charge is 0.486 e. The van der Waals surface area contributed by atoms with Crippen LogP contribution in [0.4, 0.5) is 5.69 Å². The first-order valence-corrected chi connectivity index (χ1v) is 9.82. The van der Waals surface area contributed by atoms with Crippen LogP contribution < -0.4 is 14.4 Å². The molecule has 0 saturated carbocycles. The number of ketones is 1. The number of anilines is 1. The van der Waals surface area contributed by atoms with Gasteiger partial charge in [-0.15, -0.1) is 0 Å². The molecule has 0 amide bonds. The highest BCUT2D eigenvalue weighted by Gasteiger charge is 2.18. The van der Waals surface area contributed by atoms with Crippen LogP contribution in [0.15, 0.2) is 42.5 Å². The van der Waals surface area contributed by atoms with Crippen LogP contribution in [0.1, 0.15) is 28.8 Å². The van der Waals surface area contributed by atoms with Crippen LogP contribution in [0.3, 0.4) is 0 Å². The van der Waals surface area contributed by atoms with Gasteiger partial charge in [0.1, 0.15) is 13.2 Å². The molecule has 2 aromatic carbocycles. The van der Waals surface area contributed by atoms with Gasteiger partial charge in [-0.3, -0.25) is 4.79 Å². The predicted octanol–water partition coefficient (Wildman–Crippen LogP) is 3.97. The van der Waals surface area contributed by atoms with Crippen LogP contribution in [0.2, 0.25) is 5.02 Å². The maximum atomic E-state index is 12.5. The molecular weight excluding hydrogens is 378 g/mol. The number of carbonyl (C=O) groups is 1. The number of rotatable bonds is 4. The van der Waals surface area contributed by atoms with Gasteiger partial charge in [0.05, 0.1) is 11.1 Å². The molecule has 4 rings (SSSR count). The average molecular weight is 400 g/mol. The van der Waals surface area contributed by atoms with E-state index in [4.69, 9.17) is 21.1 Å². The van der Waals surface area contributed by atoms with Crippen LogP contribution in [0.5, 0.6) is 11.5 Å². The smallest absolute Gasteiger partial charge is 0.185 e. The highest BCUT2D eigenvalue weighted by atomic mass is 35.5. The molecule has 0 spiro atoms. The monoisotopic (exact) mass is 399 g/mol. The fourth-order valence-electron chi connectivity index (χ4n) is 3.46. The minimum atomic E-state index is -0.198. The number of aliphatic hydroxyl groups excluding tert-OH is 1. The van der Waals surface area contributed by atoms with Gasteiger partial charge in [0, 0.05) is 24.3 Å². The molecule has 0 aliphatic carbocycles. The fraction of sp³-hybridized carbons (Fsp3) is 0.318.